The van der Waals surface area contributed by atoms with Crippen molar-refractivity contribution in [3.05, 3.63) is 10.9 Å². The van der Waals surface area contributed by atoms with E-state index in [0.29, 0.717) is 15.8 Å². The molecule has 2 aromatic rings. The van der Waals surface area contributed by atoms with Crippen molar-refractivity contribution < 1.29 is 4.79 Å². The lowest BCUT2D eigenvalue weighted by molar-refractivity contribution is -0.114. The van der Waals surface area contributed by atoms with Gasteiger partial charge in [0, 0.05) is 6.92 Å². The van der Waals surface area contributed by atoms with Crippen molar-refractivity contribution >= 4 is 38.9 Å². The smallest absolute Gasteiger partial charge is 0.232 e. The van der Waals surface area contributed by atoms with E-state index in [1.54, 1.807) is 0 Å². The molecule has 2 N–H and O–H groups in total. The van der Waals surface area contributed by atoms with Crippen molar-refractivity contribution in [1.29, 1.82) is 0 Å². The molecule has 6 nitrogen and oxygen atoms in total. The molecule has 2 heterocycles. The van der Waals surface area contributed by atoms with Gasteiger partial charge in [-0.2, -0.15) is 4.98 Å². The van der Waals surface area contributed by atoms with Gasteiger partial charge in [0.05, 0.1) is 6.33 Å². The Kier molecular flexibility index (Phi) is 2.16. The zero-order chi connectivity index (χ0) is 10.1. The van der Waals surface area contributed by atoms with Crippen LogP contribution in [-0.2, 0) is 4.79 Å². The van der Waals surface area contributed by atoms with E-state index in [4.69, 9.17) is 0 Å². The van der Waals surface area contributed by atoms with Crippen LogP contribution in [-0.4, -0.2) is 25.8 Å². The Morgan fingerprint density at radius 2 is 2.36 bits per heavy atom. The SMILES string of the molecule is CC(=O)Nc1nc(Br)c2[nH]cnc2n1. The fraction of sp³-hybridized carbons (Fsp3) is 0.143. The third kappa shape index (κ3) is 1.58. The Morgan fingerprint density at radius 3 is 3.07 bits per heavy atom. The van der Waals surface area contributed by atoms with Crippen LogP contribution in [0.25, 0.3) is 11.2 Å². The van der Waals surface area contributed by atoms with Crippen LogP contribution in [0, 0.1) is 0 Å². The number of aromatic nitrogens is 4. The quantitative estimate of drug-likeness (QED) is 0.747. The standard InChI is InChI=1S/C7H6BrN5O/c1-3(14)11-7-12-5(8)4-6(13-7)10-2-9-4/h2H,1H3,(H2,9,10,11,12,13,14). The Morgan fingerprint density at radius 1 is 1.57 bits per heavy atom. The second-order valence-corrected chi connectivity index (χ2v) is 3.37. The highest BCUT2D eigenvalue weighted by molar-refractivity contribution is 9.10. The number of amides is 1. The lowest BCUT2D eigenvalue weighted by Gasteiger charge is -1.99. The van der Waals surface area contributed by atoms with Crippen LogP contribution in [0.4, 0.5) is 5.95 Å². The number of halogens is 1. The highest BCUT2D eigenvalue weighted by atomic mass is 79.9. The number of fused-ring (bicyclic) bond motifs is 1. The van der Waals surface area contributed by atoms with Gasteiger partial charge in [0.1, 0.15) is 10.1 Å². The van der Waals surface area contributed by atoms with E-state index in [0.717, 1.165) is 0 Å². The van der Waals surface area contributed by atoms with E-state index >= 15 is 0 Å². The van der Waals surface area contributed by atoms with Crippen LogP contribution in [0.15, 0.2) is 10.9 Å². The topological polar surface area (TPSA) is 83.6 Å². The maximum atomic E-state index is 10.8. The molecule has 2 rings (SSSR count). The highest BCUT2D eigenvalue weighted by Crippen LogP contribution is 2.18. The number of aromatic amines is 1. The maximum Gasteiger partial charge on any atom is 0.232 e. The van der Waals surface area contributed by atoms with E-state index in [2.05, 4.69) is 41.2 Å². The fourth-order valence-electron chi connectivity index (χ4n) is 1.01. The number of carbonyl (C=O) groups is 1. The molecule has 0 saturated heterocycles. The first-order valence-corrected chi connectivity index (χ1v) is 4.60. The summed E-state index contributed by atoms with van der Waals surface area (Å²) in [4.78, 5) is 25.6. The summed E-state index contributed by atoms with van der Waals surface area (Å²) in [7, 11) is 0. The van der Waals surface area contributed by atoms with Crippen LogP contribution in [0.2, 0.25) is 0 Å². The van der Waals surface area contributed by atoms with Crippen molar-refractivity contribution in [1.82, 2.24) is 19.9 Å². The molecule has 0 bridgehead atoms. The number of rotatable bonds is 1. The van der Waals surface area contributed by atoms with Gasteiger partial charge in [-0.05, 0) is 15.9 Å². The predicted octanol–water partition coefficient (Wildman–Crippen LogP) is 1.07. The molecule has 0 spiro atoms. The summed E-state index contributed by atoms with van der Waals surface area (Å²) < 4.78 is 0.573. The van der Waals surface area contributed by atoms with Crippen LogP contribution >= 0.6 is 15.9 Å². The molecule has 14 heavy (non-hydrogen) atoms. The normalized spacial score (nSPS) is 10.4. The molecule has 0 aromatic carbocycles. The largest absolute Gasteiger partial charge is 0.341 e. The first-order valence-electron chi connectivity index (χ1n) is 3.81. The summed E-state index contributed by atoms with van der Waals surface area (Å²) in [5.41, 5.74) is 1.22. The second-order valence-electron chi connectivity index (χ2n) is 2.62. The summed E-state index contributed by atoms with van der Waals surface area (Å²) in [6, 6.07) is 0. The molecule has 0 saturated carbocycles. The van der Waals surface area contributed by atoms with Crippen LogP contribution in [0.3, 0.4) is 0 Å². The summed E-state index contributed by atoms with van der Waals surface area (Å²) >= 11 is 3.24. The first kappa shape index (κ1) is 9.07. The molecule has 0 atom stereocenters. The summed E-state index contributed by atoms with van der Waals surface area (Å²) in [6.07, 6.45) is 1.52. The number of anilines is 1. The van der Waals surface area contributed by atoms with Gasteiger partial charge in [-0.15, -0.1) is 0 Å². The Hall–Kier alpha value is -1.50. The third-order valence-corrected chi connectivity index (χ3v) is 2.10. The van der Waals surface area contributed by atoms with Gasteiger partial charge in [0.2, 0.25) is 11.9 Å². The van der Waals surface area contributed by atoms with Gasteiger partial charge in [0.15, 0.2) is 5.65 Å². The molecule has 0 fully saturated rings. The van der Waals surface area contributed by atoms with Gasteiger partial charge < -0.3 is 4.98 Å². The van der Waals surface area contributed by atoms with E-state index in [9.17, 15) is 4.79 Å². The third-order valence-electron chi connectivity index (χ3n) is 1.53. The molecule has 0 unspecified atom stereocenters. The van der Waals surface area contributed by atoms with Crippen molar-refractivity contribution in [3.63, 3.8) is 0 Å². The number of nitrogens with zero attached hydrogens (tertiary/aromatic N) is 3. The van der Waals surface area contributed by atoms with Crippen molar-refractivity contribution in [2.75, 3.05) is 5.32 Å². The minimum Gasteiger partial charge on any atom is -0.341 e. The molecule has 0 aliphatic heterocycles. The van der Waals surface area contributed by atoms with E-state index in [1.807, 2.05) is 0 Å². The summed E-state index contributed by atoms with van der Waals surface area (Å²) in [6.45, 7) is 1.39. The number of imidazole rings is 1. The molecule has 0 aliphatic carbocycles. The summed E-state index contributed by atoms with van der Waals surface area (Å²) in [5.74, 6) is 0.0239. The van der Waals surface area contributed by atoms with E-state index < -0.39 is 0 Å². The lowest BCUT2D eigenvalue weighted by Crippen LogP contribution is -2.09. The van der Waals surface area contributed by atoms with Crippen molar-refractivity contribution in [2.45, 2.75) is 6.92 Å². The number of carbonyl (C=O) groups excluding carboxylic acids is 1. The molecule has 2 aromatic heterocycles. The molecule has 7 heteroatoms. The molecule has 72 valence electrons. The lowest BCUT2D eigenvalue weighted by atomic mass is 10.5. The molecular formula is C7H6BrN5O. The number of hydrogen-bond acceptors (Lipinski definition) is 4. The van der Waals surface area contributed by atoms with Crippen molar-refractivity contribution in [2.24, 2.45) is 0 Å². The number of hydrogen-bond donors (Lipinski definition) is 2. The number of nitrogens with one attached hydrogen (secondary N) is 2. The Labute approximate surface area is 87.3 Å². The minimum absolute atomic E-state index is 0.216. The average molecular weight is 256 g/mol. The van der Waals surface area contributed by atoms with Crippen molar-refractivity contribution in [3.8, 4) is 0 Å². The zero-order valence-corrected chi connectivity index (χ0v) is 8.79. The Balaban J connectivity index is 2.53. The molecule has 1 amide bonds. The molecule has 0 radical (unpaired) electrons. The van der Waals surface area contributed by atoms with E-state index in [1.165, 1.54) is 13.3 Å². The van der Waals surface area contributed by atoms with E-state index in [-0.39, 0.29) is 11.9 Å². The van der Waals surface area contributed by atoms with Crippen LogP contribution in [0.1, 0.15) is 6.92 Å². The van der Waals surface area contributed by atoms with Gasteiger partial charge in [-0.1, -0.05) is 0 Å². The second kappa shape index (κ2) is 3.33. The molecular weight excluding hydrogens is 250 g/mol. The van der Waals surface area contributed by atoms with Gasteiger partial charge in [-0.25, -0.2) is 9.97 Å². The minimum atomic E-state index is -0.216. The van der Waals surface area contributed by atoms with Gasteiger partial charge in [-0.3, -0.25) is 10.1 Å². The van der Waals surface area contributed by atoms with Gasteiger partial charge in [0.25, 0.3) is 0 Å². The first-order chi connectivity index (χ1) is 6.66. The zero-order valence-electron chi connectivity index (χ0n) is 7.21. The van der Waals surface area contributed by atoms with Gasteiger partial charge >= 0.3 is 0 Å². The molecule has 0 aliphatic rings. The average Bonchev–Trinajstić information content (AvgIpc) is 2.50. The highest BCUT2D eigenvalue weighted by Gasteiger charge is 2.07. The maximum absolute atomic E-state index is 10.8. The monoisotopic (exact) mass is 255 g/mol. The summed E-state index contributed by atoms with van der Waals surface area (Å²) in [5, 5.41) is 2.48. The fourth-order valence-corrected chi connectivity index (χ4v) is 1.47. The van der Waals surface area contributed by atoms with Crippen LogP contribution in [0.5, 0.6) is 0 Å². The predicted molar refractivity (Wildman–Crippen MR) is 53.7 cm³/mol. The van der Waals surface area contributed by atoms with Crippen LogP contribution < -0.4 is 5.32 Å². The Bertz CT molecular complexity index is 494. The number of H-pyrrole nitrogens is 1.